The van der Waals surface area contributed by atoms with Gasteiger partial charge in [0.15, 0.2) is 5.82 Å². The third-order valence-corrected chi connectivity index (χ3v) is 3.10. The Morgan fingerprint density at radius 1 is 1.10 bits per heavy atom. The van der Waals surface area contributed by atoms with Crippen molar-refractivity contribution in [2.75, 3.05) is 0 Å². The molecule has 5 heteroatoms. The van der Waals surface area contributed by atoms with E-state index in [4.69, 9.17) is 5.73 Å². The number of para-hydroxylation sites is 1. The van der Waals surface area contributed by atoms with Gasteiger partial charge in [0.2, 0.25) is 5.82 Å². The van der Waals surface area contributed by atoms with Gasteiger partial charge in [0.05, 0.1) is 5.69 Å². The third kappa shape index (κ3) is 2.53. The van der Waals surface area contributed by atoms with Gasteiger partial charge in [-0.25, -0.2) is 9.67 Å². The van der Waals surface area contributed by atoms with Crippen molar-refractivity contribution in [3.8, 4) is 17.1 Å². The summed E-state index contributed by atoms with van der Waals surface area (Å²) in [5.41, 5.74) is 8.13. The van der Waals surface area contributed by atoms with Crippen LogP contribution in [0.25, 0.3) is 17.1 Å². The minimum absolute atomic E-state index is 0.00959. The molecular weight excluding hydrogens is 264 g/mol. The van der Waals surface area contributed by atoms with E-state index in [1.54, 1.807) is 4.68 Å². The molecule has 0 aliphatic carbocycles. The number of hydrogen-bond acceptors (Lipinski definition) is 3. The zero-order valence-electron chi connectivity index (χ0n) is 11.5. The number of amides is 1. The fourth-order valence-electron chi connectivity index (χ4n) is 2.14. The molecule has 0 unspecified atom stereocenters. The molecule has 0 saturated heterocycles. The summed E-state index contributed by atoms with van der Waals surface area (Å²) in [4.78, 5) is 15.7. The Hall–Kier alpha value is -2.95. The van der Waals surface area contributed by atoms with Gasteiger partial charge >= 0.3 is 0 Å². The second-order valence-electron chi connectivity index (χ2n) is 4.74. The van der Waals surface area contributed by atoms with E-state index in [9.17, 15) is 4.79 Å². The summed E-state index contributed by atoms with van der Waals surface area (Å²) in [6.45, 7) is 2.00. The lowest BCUT2D eigenvalue weighted by atomic mass is 10.1. The topological polar surface area (TPSA) is 73.8 Å². The van der Waals surface area contributed by atoms with Gasteiger partial charge in [-0.05, 0) is 25.1 Å². The maximum absolute atomic E-state index is 11.4. The SMILES string of the molecule is Cc1cccc(-c2nc(C(N)=O)nn2-c2ccccc2)c1. The van der Waals surface area contributed by atoms with Crippen molar-refractivity contribution in [1.82, 2.24) is 14.8 Å². The van der Waals surface area contributed by atoms with E-state index in [0.29, 0.717) is 5.82 Å². The molecule has 0 bridgehead atoms. The van der Waals surface area contributed by atoms with E-state index < -0.39 is 5.91 Å². The van der Waals surface area contributed by atoms with Crippen molar-refractivity contribution in [3.05, 3.63) is 66.0 Å². The van der Waals surface area contributed by atoms with Crippen LogP contribution in [-0.4, -0.2) is 20.7 Å². The van der Waals surface area contributed by atoms with Gasteiger partial charge in [0.25, 0.3) is 5.91 Å². The second-order valence-corrected chi connectivity index (χ2v) is 4.74. The van der Waals surface area contributed by atoms with Crippen LogP contribution in [0.1, 0.15) is 16.2 Å². The zero-order valence-corrected chi connectivity index (χ0v) is 11.5. The van der Waals surface area contributed by atoms with E-state index in [1.807, 2.05) is 61.5 Å². The molecule has 0 saturated carbocycles. The Morgan fingerprint density at radius 2 is 1.86 bits per heavy atom. The summed E-state index contributed by atoms with van der Waals surface area (Å²) < 4.78 is 1.63. The number of nitrogens with zero attached hydrogens (tertiary/aromatic N) is 3. The Morgan fingerprint density at radius 3 is 2.52 bits per heavy atom. The number of rotatable bonds is 3. The van der Waals surface area contributed by atoms with E-state index >= 15 is 0 Å². The summed E-state index contributed by atoms with van der Waals surface area (Å²) >= 11 is 0. The van der Waals surface area contributed by atoms with Crippen LogP contribution in [0.5, 0.6) is 0 Å². The van der Waals surface area contributed by atoms with E-state index in [-0.39, 0.29) is 5.82 Å². The molecule has 0 radical (unpaired) electrons. The van der Waals surface area contributed by atoms with Crippen LogP contribution in [0.15, 0.2) is 54.6 Å². The molecule has 3 aromatic rings. The minimum Gasteiger partial charge on any atom is -0.363 e. The fourth-order valence-corrected chi connectivity index (χ4v) is 2.14. The molecule has 0 aliphatic rings. The molecule has 0 aliphatic heterocycles. The first-order chi connectivity index (χ1) is 10.1. The first kappa shape index (κ1) is 13.1. The molecule has 1 aromatic heterocycles. The first-order valence-corrected chi connectivity index (χ1v) is 6.54. The van der Waals surface area contributed by atoms with Crippen LogP contribution in [0, 0.1) is 6.92 Å². The largest absolute Gasteiger partial charge is 0.363 e. The summed E-state index contributed by atoms with van der Waals surface area (Å²) in [6, 6.07) is 17.4. The van der Waals surface area contributed by atoms with Crippen molar-refractivity contribution in [2.45, 2.75) is 6.92 Å². The lowest BCUT2D eigenvalue weighted by Crippen LogP contribution is -2.13. The van der Waals surface area contributed by atoms with E-state index in [2.05, 4.69) is 10.1 Å². The predicted octanol–water partition coefficient (Wildman–Crippen LogP) is 2.34. The van der Waals surface area contributed by atoms with Crippen molar-refractivity contribution >= 4 is 5.91 Å². The Bertz CT molecular complexity index is 793. The summed E-state index contributed by atoms with van der Waals surface area (Å²) in [5.74, 6) is -0.0346. The molecule has 0 fully saturated rings. The number of carbonyl (C=O) groups is 1. The van der Waals surface area contributed by atoms with Gasteiger partial charge in [-0.2, -0.15) is 0 Å². The second kappa shape index (κ2) is 5.20. The molecule has 2 aromatic carbocycles. The number of carbonyl (C=O) groups excluding carboxylic acids is 1. The monoisotopic (exact) mass is 278 g/mol. The van der Waals surface area contributed by atoms with Crippen molar-refractivity contribution in [2.24, 2.45) is 5.73 Å². The molecule has 5 nitrogen and oxygen atoms in total. The van der Waals surface area contributed by atoms with Gasteiger partial charge < -0.3 is 5.73 Å². The quantitative estimate of drug-likeness (QED) is 0.799. The van der Waals surface area contributed by atoms with Crippen LogP contribution in [0.3, 0.4) is 0 Å². The van der Waals surface area contributed by atoms with Crippen molar-refractivity contribution in [3.63, 3.8) is 0 Å². The van der Waals surface area contributed by atoms with Gasteiger partial charge in [-0.1, -0.05) is 42.0 Å². The summed E-state index contributed by atoms with van der Waals surface area (Å²) in [6.07, 6.45) is 0. The number of aryl methyl sites for hydroxylation is 1. The Balaban J connectivity index is 2.21. The van der Waals surface area contributed by atoms with Gasteiger partial charge in [0, 0.05) is 5.56 Å². The molecule has 1 heterocycles. The number of hydrogen-bond donors (Lipinski definition) is 1. The van der Waals surface area contributed by atoms with E-state index in [1.165, 1.54) is 0 Å². The van der Waals surface area contributed by atoms with Gasteiger partial charge in [0.1, 0.15) is 0 Å². The third-order valence-electron chi connectivity index (χ3n) is 3.10. The average Bonchev–Trinajstić information content (AvgIpc) is 2.93. The number of benzene rings is 2. The average molecular weight is 278 g/mol. The molecule has 0 spiro atoms. The molecule has 104 valence electrons. The maximum Gasteiger partial charge on any atom is 0.288 e. The van der Waals surface area contributed by atoms with Crippen LogP contribution < -0.4 is 5.73 Å². The van der Waals surface area contributed by atoms with Gasteiger partial charge in [-0.15, -0.1) is 5.10 Å². The first-order valence-electron chi connectivity index (χ1n) is 6.54. The zero-order chi connectivity index (χ0) is 14.8. The fraction of sp³-hybridized carbons (Fsp3) is 0.0625. The highest BCUT2D eigenvalue weighted by molar-refractivity contribution is 5.89. The van der Waals surface area contributed by atoms with Crippen LogP contribution >= 0.6 is 0 Å². The van der Waals surface area contributed by atoms with Gasteiger partial charge in [-0.3, -0.25) is 4.79 Å². The highest BCUT2D eigenvalue weighted by Crippen LogP contribution is 2.22. The minimum atomic E-state index is -0.640. The number of primary amides is 1. The van der Waals surface area contributed by atoms with Crippen molar-refractivity contribution in [1.29, 1.82) is 0 Å². The van der Waals surface area contributed by atoms with E-state index in [0.717, 1.165) is 16.8 Å². The molecular formula is C16H14N4O. The highest BCUT2D eigenvalue weighted by Gasteiger charge is 2.16. The number of aromatic nitrogens is 3. The van der Waals surface area contributed by atoms with Crippen LogP contribution in [0.2, 0.25) is 0 Å². The normalized spacial score (nSPS) is 10.5. The maximum atomic E-state index is 11.4. The van der Waals surface area contributed by atoms with Crippen molar-refractivity contribution < 1.29 is 4.79 Å². The predicted molar refractivity (Wildman–Crippen MR) is 80.0 cm³/mol. The Labute approximate surface area is 122 Å². The summed E-state index contributed by atoms with van der Waals surface area (Å²) in [5, 5.41) is 4.22. The Kier molecular flexibility index (Phi) is 3.23. The number of nitrogens with two attached hydrogens (primary N) is 1. The molecule has 3 rings (SSSR count). The molecule has 2 N–H and O–H groups in total. The smallest absolute Gasteiger partial charge is 0.288 e. The lowest BCUT2D eigenvalue weighted by molar-refractivity contribution is 0.0990. The molecule has 0 atom stereocenters. The lowest BCUT2D eigenvalue weighted by Gasteiger charge is -2.06. The van der Waals surface area contributed by atoms with Crippen LogP contribution in [0.4, 0.5) is 0 Å². The summed E-state index contributed by atoms with van der Waals surface area (Å²) in [7, 11) is 0. The highest BCUT2D eigenvalue weighted by atomic mass is 16.1. The standard InChI is InChI=1S/C16H14N4O/c1-11-6-5-7-12(10-11)16-18-15(14(17)21)19-20(16)13-8-3-2-4-9-13/h2-10H,1H3,(H2,17,21). The molecule has 1 amide bonds. The van der Waals surface area contributed by atoms with Crippen LogP contribution in [-0.2, 0) is 0 Å². The molecule has 21 heavy (non-hydrogen) atoms.